The summed E-state index contributed by atoms with van der Waals surface area (Å²) in [5.74, 6) is 0.406. The number of carbonyl (C=O) groups is 1. The predicted molar refractivity (Wildman–Crippen MR) is 66.5 cm³/mol. The Morgan fingerprint density at radius 2 is 2.06 bits per heavy atom. The Morgan fingerprint density at radius 1 is 1.28 bits per heavy atom. The molecule has 18 heavy (non-hydrogen) atoms. The molecule has 2 aliphatic rings. The second-order valence-corrected chi connectivity index (χ2v) is 4.90. The van der Waals surface area contributed by atoms with Gasteiger partial charge in [-0.25, -0.2) is 4.39 Å². The second kappa shape index (κ2) is 4.59. The molecule has 96 valence electrons. The lowest BCUT2D eigenvalue weighted by Crippen LogP contribution is -2.43. The monoisotopic (exact) mass is 249 g/mol. The standard InChI is InChI=1S/C14H16FNO2/c15-12-2-1-3-13-14(12)18-9-8-16(13)10-4-6-11(17)7-5-10/h1-3,10H,4-9H2. The van der Waals surface area contributed by atoms with Gasteiger partial charge in [-0.3, -0.25) is 4.79 Å². The molecule has 0 bridgehead atoms. The highest BCUT2D eigenvalue weighted by Crippen LogP contribution is 2.37. The summed E-state index contributed by atoms with van der Waals surface area (Å²) in [4.78, 5) is 13.5. The zero-order chi connectivity index (χ0) is 12.5. The number of halogens is 1. The molecule has 1 saturated carbocycles. The summed E-state index contributed by atoms with van der Waals surface area (Å²) in [6, 6.07) is 5.37. The van der Waals surface area contributed by atoms with Gasteiger partial charge in [0, 0.05) is 18.9 Å². The quantitative estimate of drug-likeness (QED) is 0.766. The molecule has 1 heterocycles. The molecule has 3 rings (SSSR count). The summed E-state index contributed by atoms with van der Waals surface area (Å²) >= 11 is 0. The first-order valence-electron chi connectivity index (χ1n) is 6.45. The van der Waals surface area contributed by atoms with E-state index in [4.69, 9.17) is 4.74 Å². The highest BCUT2D eigenvalue weighted by Gasteiger charge is 2.29. The lowest BCUT2D eigenvalue weighted by atomic mass is 9.92. The lowest BCUT2D eigenvalue weighted by molar-refractivity contribution is -0.120. The number of rotatable bonds is 1. The van der Waals surface area contributed by atoms with Gasteiger partial charge in [-0.15, -0.1) is 0 Å². The van der Waals surface area contributed by atoms with E-state index in [2.05, 4.69) is 4.90 Å². The maximum atomic E-state index is 13.7. The SMILES string of the molecule is O=C1CCC(N2CCOc3c(F)cccc32)CC1. The maximum absolute atomic E-state index is 13.7. The molecule has 1 aromatic rings. The van der Waals surface area contributed by atoms with Crippen molar-refractivity contribution in [2.75, 3.05) is 18.1 Å². The molecular weight excluding hydrogens is 233 g/mol. The average Bonchev–Trinajstić information content (AvgIpc) is 2.40. The van der Waals surface area contributed by atoms with Crippen molar-refractivity contribution in [1.29, 1.82) is 0 Å². The molecule has 0 aromatic heterocycles. The molecule has 4 heteroatoms. The van der Waals surface area contributed by atoms with Gasteiger partial charge in [-0.2, -0.15) is 0 Å². The summed E-state index contributed by atoms with van der Waals surface area (Å²) in [5, 5.41) is 0. The first kappa shape index (κ1) is 11.5. The summed E-state index contributed by atoms with van der Waals surface area (Å²) in [6.07, 6.45) is 3.03. The van der Waals surface area contributed by atoms with Crippen LogP contribution in [0.4, 0.5) is 10.1 Å². The van der Waals surface area contributed by atoms with Crippen molar-refractivity contribution in [2.45, 2.75) is 31.7 Å². The molecule has 0 N–H and O–H groups in total. The Bertz CT molecular complexity index is 465. The van der Waals surface area contributed by atoms with Crippen molar-refractivity contribution >= 4 is 11.5 Å². The summed E-state index contributed by atoms with van der Waals surface area (Å²) in [5.41, 5.74) is 0.834. The van der Waals surface area contributed by atoms with Crippen LogP contribution in [0.2, 0.25) is 0 Å². The third kappa shape index (κ3) is 1.96. The number of hydrogen-bond acceptors (Lipinski definition) is 3. The summed E-state index contributed by atoms with van der Waals surface area (Å²) in [6.45, 7) is 1.29. The van der Waals surface area contributed by atoms with Gasteiger partial charge >= 0.3 is 0 Å². The van der Waals surface area contributed by atoms with E-state index in [9.17, 15) is 9.18 Å². The van der Waals surface area contributed by atoms with Crippen LogP contribution in [-0.2, 0) is 4.79 Å². The van der Waals surface area contributed by atoms with E-state index < -0.39 is 0 Å². The van der Waals surface area contributed by atoms with Crippen LogP contribution >= 0.6 is 0 Å². The fourth-order valence-corrected chi connectivity index (χ4v) is 2.85. The van der Waals surface area contributed by atoms with Crippen molar-refractivity contribution in [2.24, 2.45) is 0 Å². The van der Waals surface area contributed by atoms with Crippen LogP contribution in [0.5, 0.6) is 5.75 Å². The Kier molecular flexibility index (Phi) is 2.94. The minimum Gasteiger partial charge on any atom is -0.486 e. The molecule has 1 aromatic carbocycles. The molecule has 0 radical (unpaired) electrons. The van der Waals surface area contributed by atoms with Crippen molar-refractivity contribution in [3.05, 3.63) is 24.0 Å². The first-order valence-corrected chi connectivity index (χ1v) is 6.45. The van der Waals surface area contributed by atoms with Crippen LogP contribution in [0.15, 0.2) is 18.2 Å². The number of hydrogen-bond donors (Lipinski definition) is 0. The number of ether oxygens (including phenoxy) is 1. The number of benzene rings is 1. The van der Waals surface area contributed by atoms with Gasteiger partial charge in [-0.05, 0) is 25.0 Å². The zero-order valence-electron chi connectivity index (χ0n) is 10.2. The normalized spacial score (nSPS) is 20.5. The fraction of sp³-hybridized carbons (Fsp3) is 0.500. The van der Waals surface area contributed by atoms with E-state index in [0.717, 1.165) is 25.1 Å². The molecule has 1 fully saturated rings. The summed E-state index contributed by atoms with van der Waals surface area (Å²) < 4.78 is 19.1. The molecule has 0 unspecified atom stereocenters. The molecule has 0 amide bonds. The van der Waals surface area contributed by atoms with Gasteiger partial charge in [0.15, 0.2) is 11.6 Å². The van der Waals surface area contributed by atoms with Gasteiger partial charge in [0.25, 0.3) is 0 Å². The Labute approximate surface area is 106 Å². The van der Waals surface area contributed by atoms with Crippen LogP contribution in [0.1, 0.15) is 25.7 Å². The molecule has 0 atom stereocenters. The lowest BCUT2D eigenvalue weighted by Gasteiger charge is -2.39. The maximum Gasteiger partial charge on any atom is 0.178 e. The molecule has 0 saturated heterocycles. The van der Waals surface area contributed by atoms with E-state index in [0.29, 0.717) is 37.0 Å². The van der Waals surface area contributed by atoms with E-state index in [1.165, 1.54) is 6.07 Å². The topological polar surface area (TPSA) is 29.5 Å². The number of ketones is 1. The average molecular weight is 249 g/mol. The van der Waals surface area contributed by atoms with Gasteiger partial charge in [-0.1, -0.05) is 6.07 Å². The van der Waals surface area contributed by atoms with E-state index in [1.807, 2.05) is 6.07 Å². The van der Waals surface area contributed by atoms with Crippen molar-refractivity contribution in [3.63, 3.8) is 0 Å². The largest absolute Gasteiger partial charge is 0.486 e. The molecule has 3 nitrogen and oxygen atoms in total. The number of carbonyl (C=O) groups excluding carboxylic acids is 1. The molecule has 1 aliphatic heterocycles. The van der Waals surface area contributed by atoms with Crippen molar-refractivity contribution < 1.29 is 13.9 Å². The minimum absolute atomic E-state index is 0.302. The number of fused-ring (bicyclic) bond motifs is 1. The second-order valence-electron chi connectivity index (χ2n) is 4.90. The van der Waals surface area contributed by atoms with Gasteiger partial charge in [0.2, 0.25) is 0 Å². The van der Waals surface area contributed by atoms with Crippen LogP contribution < -0.4 is 9.64 Å². The summed E-state index contributed by atoms with van der Waals surface area (Å²) in [7, 11) is 0. The highest BCUT2D eigenvalue weighted by atomic mass is 19.1. The molecular formula is C14H16FNO2. The van der Waals surface area contributed by atoms with Crippen LogP contribution in [0.25, 0.3) is 0 Å². The zero-order valence-corrected chi connectivity index (χ0v) is 10.2. The van der Waals surface area contributed by atoms with Gasteiger partial charge < -0.3 is 9.64 Å². The van der Waals surface area contributed by atoms with Crippen LogP contribution in [0, 0.1) is 5.82 Å². The third-order valence-corrected chi connectivity index (χ3v) is 3.79. The Hall–Kier alpha value is -1.58. The van der Waals surface area contributed by atoms with E-state index in [1.54, 1.807) is 6.07 Å². The predicted octanol–water partition coefficient (Wildman–Crippen LogP) is 2.54. The third-order valence-electron chi connectivity index (χ3n) is 3.79. The van der Waals surface area contributed by atoms with Gasteiger partial charge in [0.05, 0.1) is 12.2 Å². The van der Waals surface area contributed by atoms with Crippen molar-refractivity contribution in [3.8, 4) is 5.75 Å². The van der Waals surface area contributed by atoms with Crippen LogP contribution in [0.3, 0.4) is 0 Å². The van der Waals surface area contributed by atoms with E-state index >= 15 is 0 Å². The number of anilines is 1. The minimum atomic E-state index is -0.302. The van der Waals surface area contributed by atoms with Crippen molar-refractivity contribution in [1.82, 2.24) is 0 Å². The number of nitrogens with zero attached hydrogens (tertiary/aromatic N) is 1. The number of para-hydroxylation sites is 1. The first-order chi connectivity index (χ1) is 8.75. The molecule has 1 aliphatic carbocycles. The van der Waals surface area contributed by atoms with Gasteiger partial charge in [0.1, 0.15) is 12.4 Å². The Morgan fingerprint density at radius 3 is 2.83 bits per heavy atom. The smallest absolute Gasteiger partial charge is 0.178 e. The number of Topliss-reactive ketones (excluding diaryl/α,β-unsaturated/α-hetero) is 1. The fourth-order valence-electron chi connectivity index (χ4n) is 2.85. The Balaban J connectivity index is 1.87. The van der Waals surface area contributed by atoms with E-state index in [-0.39, 0.29) is 5.82 Å². The molecule has 0 spiro atoms. The van der Waals surface area contributed by atoms with Crippen LogP contribution in [-0.4, -0.2) is 25.0 Å². The highest BCUT2D eigenvalue weighted by molar-refractivity contribution is 5.79.